The lowest BCUT2D eigenvalue weighted by Crippen LogP contribution is -2.07. The van der Waals surface area contributed by atoms with E-state index >= 15 is 0 Å². The first-order valence-corrected chi connectivity index (χ1v) is 5.11. The molecule has 0 radical (unpaired) electrons. The van der Waals surface area contributed by atoms with Gasteiger partial charge in [0.15, 0.2) is 0 Å². The molecule has 1 aliphatic carbocycles. The van der Waals surface area contributed by atoms with Crippen LogP contribution in [-0.2, 0) is 0 Å². The van der Waals surface area contributed by atoms with Gasteiger partial charge < -0.3 is 0 Å². The third-order valence-electron chi connectivity index (χ3n) is 3.40. The van der Waals surface area contributed by atoms with Crippen LogP contribution in [0.25, 0.3) is 0 Å². The Bertz CT molecular complexity index is 99.2. The van der Waals surface area contributed by atoms with Gasteiger partial charge in [0.25, 0.3) is 0 Å². The monoisotopic (exact) mass is 154 g/mol. The number of hydrogen-bond donors (Lipinski definition) is 0. The second kappa shape index (κ2) is 3.60. The van der Waals surface area contributed by atoms with Gasteiger partial charge in [-0.1, -0.05) is 27.7 Å². The molecule has 0 aromatic carbocycles. The molecule has 0 heterocycles. The third-order valence-corrected chi connectivity index (χ3v) is 3.40. The molecule has 0 aromatic rings. The lowest BCUT2D eigenvalue weighted by molar-refractivity contribution is 0.340. The van der Waals surface area contributed by atoms with Crippen molar-refractivity contribution in [3.8, 4) is 0 Å². The van der Waals surface area contributed by atoms with Gasteiger partial charge in [0.1, 0.15) is 0 Å². The van der Waals surface area contributed by atoms with E-state index in [0.717, 1.165) is 23.7 Å². The molecule has 0 amide bonds. The lowest BCUT2D eigenvalue weighted by Gasteiger charge is -2.16. The summed E-state index contributed by atoms with van der Waals surface area (Å²) in [6.45, 7) is 9.47. The zero-order valence-electron chi connectivity index (χ0n) is 8.43. The quantitative estimate of drug-likeness (QED) is 0.568. The Labute approximate surface area is 71.4 Å². The summed E-state index contributed by atoms with van der Waals surface area (Å²) < 4.78 is 0. The van der Waals surface area contributed by atoms with E-state index in [-0.39, 0.29) is 0 Å². The normalized spacial score (nSPS) is 32.2. The minimum absolute atomic E-state index is 0.916. The Morgan fingerprint density at radius 3 is 1.36 bits per heavy atom. The summed E-state index contributed by atoms with van der Waals surface area (Å²) in [5.41, 5.74) is 0. The van der Waals surface area contributed by atoms with Crippen molar-refractivity contribution in [2.45, 2.75) is 47.0 Å². The molecule has 0 N–H and O–H groups in total. The van der Waals surface area contributed by atoms with E-state index in [0.29, 0.717) is 0 Å². The van der Waals surface area contributed by atoms with Crippen LogP contribution >= 0.6 is 0 Å². The van der Waals surface area contributed by atoms with E-state index < -0.39 is 0 Å². The van der Waals surface area contributed by atoms with Gasteiger partial charge in [-0.25, -0.2) is 0 Å². The summed E-state index contributed by atoms with van der Waals surface area (Å²) in [5, 5.41) is 0. The van der Waals surface area contributed by atoms with E-state index in [9.17, 15) is 0 Å². The molecule has 0 unspecified atom stereocenters. The summed E-state index contributed by atoms with van der Waals surface area (Å²) >= 11 is 0. The highest BCUT2D eigenvalue weighted by Gasteiger charge is 2.28. The Morgan fingerprint density at radius 2 is 1.18 bits per heavy atom. The predicted molar refractivity (Wildman–Crippen MR) is 50.5 cm³/mol. The van der Waals surface area contributed by atoms with E-state index in [1.165, 1.54) is 19.3 Å². The minimum Gasteiger partial charge on any atom is -0.0625 e. The molecule has 1 aliphatic rings. The first-order valence-electron chi connectivity index (χ1n) is 5.11. The van der Waals surface area contributed by atoms with Crippen LogP contribution in [0, 0.1) is 23.7 Å². The highest BCUT2D eigenvalue weighted by molar-refractivity contribution is 4.78. The van der Waals surface area contributed by atoms with Gasteiger partial charge in [0.2, 0.25) is 0 Å². The predicted octanol–water partition coefficient (Wildman–Crippen LogP) is 3.71. The molecule has 0 saturated heterocycles. The fourth-order valence-electron chi connectivity index (χ4n) is 2.26. The topological polar surface area (TPSA) is 0 Å². The van der Waals surface area contributed by atoms with Gasteiger partial charge in [-0.2, -0.15) is 0 Å². The molecule has 2 atom stereocenters. The molecular formula is C11H22. The van der Waals surface area contributed by atoms with Crippen LogP contribution in [-0.4, -0.2) is 0 Å². The maximum Gasteiger partial charge on any atom is -0.0388 e. The second-order valence-corrected chi connectivity index (χ2v) is 4.82. The van der Waals surface area contributed by atoms with Crippen molar-refractivity contribution in [2.75, 3.05) is 0 Å². The Kier molecular flexibility index (Phi) is 2.98. The highest BCUT2D eigenvalue weighted by Crippen LogP contribution is 2.38. The fraction of sp³-hybridized carbons (Fsp3) is 1.00. The van der Waals surface area contributed by atoms with Crippen LogP contribution < -0.4 is 0 Å². The first-order chi connectivity index (χ1) is 5.11. The van der Waals surface area contributed by atoms with Gasteiger partial charge in [0.05, 0.1) is 0 Å². The van der Waals surface area contributed by atoms with E-state index in [1.807, 2.05) is 0 Å². The summed E-state index contributed by atoms with van der Waals surface area (Å²) in [7, 11) is 0. The van der Waals surface area contributed by atoms with E-state index in [2.05, 4.69) is 27.7 Å². The molecule has 0 heteroatoms. The van der Waals surface area contributed by atoms with Crippen molar-refractivity contribution in [1.82, 2.24) is 0 Å². The van der Waals surface area contributed by atoms with Gasteiger partial charge in [0, 0.05) is 0 Å². The largest absolute Gasteiger partial charge is 0.0625 e. The third kappa shape index (κ3) is 2.21. The van der Waals surface area contributed by atoms with Crippen LogP contribution in [0.1, 0.15) is 47.0 Å². The molecular weight excluding hydrogens is 132 g/mol. The SMILES string of the molecule is CC(C)[C@@H]1CC[C@@H](C(C)C)C1. The molecule has 11 heavy (non-hydrogen) atoms. The van der Waals surface area contributed by atoms with Crippen LogP contribution in [0.3, 0.4) is 0 Å². The summed E-state index contributed by atoms with van der Waals surface area (Å²) in [6.07, 6.45) is 4.47. The van der Waals surface area contributed by atoms with Crippen molar-refractivity contribution >= 4 is 0 Å². The maximum absolute atomic E-state index is 2.37. The summed E-state index contributed by atoms with van der Waals surface area (Å²) in [5.74, 6) is 3.89. The number of rotatable bonds is 2. The first kappa shape index (κ1) is 9.09. The summed E-state index contributed by atoms with van der Waals surface area (Å²) in [4.78, 5) is 0. The Morgan fingerprint density at radius 1 is 0.818 bits per heavy atom. The van der Waals surface area contributed by atoms with Crippen LogP contribution in [0.2, 0.25) is 0 Å². The van der Waals surface area contributed by atoms with E-state index in [1.54, 1.807) is 0 Å². The van der Waals surface area contributed by atoms with Crippen LogP contribution in [0.5, 0.6) is 0 Å². The smallest absolute Gasteiger partial charge is 0.0388 e. The fourth-order valence-corrected chi connectivity index (χ4v) is 2.26. The maximum atomic E-state index is 2.37. The Hall–Kier alpha value is 0. The summed E-state index contributed by atoms with van der Waals surface area (Å²) in [6, 6.07) is 0. The molecule has 0 bridgehead atoms. The van der Waals surface area contributed by atoms with Crippen molar-refractivity contribution < 1.29 is 0 Å². The zero-order valence-corrected chi connectivity index (χ0v) is 8.43. The van der Waals surface area contributed by atoms with Crippen molar-refractivity contribution in [3.63, 3.8) is 0 Å². The molecule has 0 aromatic heterocycles. The minimum atomic E-state index is 0.916. The molecule has 0 aliphatic heterocycles. The molecule has 66 valence electrons. The molecule has 1 fully saturated rings. The molecule has 1 saturated carbocycles. The van der Waals surface area contributed by atoms with Gasteiger partial charge >= 0.3 is 0 Å². The van der Waals surface area contributed by atoms with Crippen molar-refractivity contribution in [1.29, 1.82) is 0 Å². The molecule has 0 spiro atoms. The van der Waals surface area contributed by atoms with Gasteiger partial charge in [-0.05, 0) is 42.9 Å². The highest BCUT2D eigenvalue weighted by atomic mass is 14.3. The molecule has 1 rings (SSSR count). The van der Waals surface area contributed by atoms with Crippen LogP contribution in [0.15, 0.2) is 0 Å². The molecule has 0 nitrogen and oxygen atoms in total. The van der Waals surface area contributed by atoms with Gasteiger partial charge in [-0.15, -0.1) is 0 Å². The van der Waals surface area contributed by atoms with Crippen molar-refractivity contribution in [2.24, 2.45) is 23.7 Å². The average Bonchev–Trinajstić information content (AvgIpc) is 2.33. The average molecular weight is 154 g/mol. The number of hydrogen-bond acceptors (Lipinski definition) is 0. The second-order valence-electron chi connectivity index (χ2n) is 4.82. The van der Waals surface area contributed by atoms with E-state index in [4.69, 9.17) is 0 Å². The van der Waals surface area contributed by atoms with Crippen LogP contribution in [0.4, 0.5) is 0 Å². The zero-order chi connectivity index (χ0) is 8.43. The van der Waals surface area contributed by atoms with Gasteiger partial charge in [-0.3, -0.25) is 0 Å². The standard InChI is InChI=1S/C11H22/c1-8(2)10-5-6-11(7-10)9(3)4/h8-11H,5-7H2,1-4H3/t10-,11-/m1/s1. The van der Waals surface area contributed by atoms with Crippen molar-refractivity contribution in [3.05, 3.63) is 0 Å². The lowest BCUT2D eigenvalue weighted by atomic mass is 9.89. The Balaban J connectivity index is 2.35.